The quantitative estimate of drug-likeness (QED) is 0.786. The average Bonchev–Trinajstić information content (AvgIpc) is 2.93. The van der Waals surface area contributed by atoms with Crippen molar-refractivity contribution in [2.75, 3.05) is 0 Å². The lowest BCUT2D eigenvalue weighted by molar-refractivity contribution is 0.746. The molecule has 3 heteroatoms. The zero-order valence-corrected chi connectivity index (χ0v) is 9.76. The molecule has 0 bridgehead atoms. The molecule has 0 aliphatic heterocycles. The van der Waals surface area contributed by atoms with E-state index in [1.54, 1.807) is 0 Å². The third kappa shape index (κ3) is 1.49. The van der Waals surface area contributed by atoms with Crippen molar-refractivity contribution in [1.29, 1.82) is 0 Å². The van der Waals surface area contributed by atoms with Crippen molar-refractivity contribution in [2.24, 2.45) is 0 Å². The van der Waals surface area contributed by atoms with Crippen LogP contribution in [0.4, 0.5) is 0 Å². The number of aromatic nitrogens is 3. The van der Waals surface area contributed by atoms with Crippen molar-refractivity contribution >= 4 is 0 Å². The highest BCUT2D eigenvalue weighted by Crippen LogP contribution is 2.38. The second kappa shape index (κ2) is 3.42. The van der Waals surface area contributed by atoms with Crippen LogP contribution in [-0.2, 0) is 12.8 Å². The minimum atomic E-state index is 0.647. The zero-order chi connectivity index (χ0) is 11.2. The largest absolute Gasteiger partial charge is 0.310 e. The standard InChI is InChI=1S/C14H15N3/c1-2-10-4-5-12(8-11(10)3-1)14-16-15-9-17(14)13-6-7-13/h4-5,8-9,13H,1-3,6-7H2. The summed E-state index contributed by atoms with van der Waals surface area (Å²) in [6, 6.07) is 7.43. The molecule has 0 radical (unpaired) electrons. The monoisotopic (exact) mass is 225 g/mol. The molecule has 0 amide bonds. The number of fused-ring (bicyclic) bond motifs is 1. The Balaban J connectivity index is 1.80. The van der Waals surface area contributed by atoms with Crippen LogP contribution < -0.4 is 0 Å². The molecule has 0 unspecified atom stereocenters. The fraction of sp³-hybridized carbons (Fsp3) is 0.429. The van der Waals surface area contributed by atoms with Crippen LogP contribution in [0.1, 0.15) is 36.4 Å². The molecule has 1 fully saturated rings. The van der Waals surface area contributed by atoms with Crippen LogP contribution in [0.3, 0.4) is 0 Å². The van der Waals surface area contributed by atoms with Gasteiger partial charge in [0, 0.05) is 11.6 Å². The van der Waals surface area contributed by atoms with Crippen LogP contribution in [0.15, 0.2) is 24.5 Å². The minimum absolute atomic E-state index is 0.647. The van der Waals surface area contributed by atoms with Gasteiger partial charge in [-0.1, -0.05) is 12.1 Å². The van der Waals surface area contributed by atoms with Gasteiger partial charge in [-0.15, -0.1) is 10.2 Å². The molecular weight excluding hydrogens is 210 g/mol. The number of nitrogens with zero attached hydrogens (tertiary/aromatic N) is 3. The highest BCUT2D eigenvalue weighted by molar-refractivity contribution is 5.58. The summed E-state index contributed by atoms with van der Waals surface area (Å²) in [6.07, 6.45) is 8.19. The molecule has 1 saturated carbocycles. The van der Waals surface area contributed by atoms with Crippen molar-refractivity contribution in [3.8, 4) is 11.4 Å². The second-order valence-electron chi connectivity index (χ2n) is 5.13. The van der Waals surface area contributed by atoms with Gasteiger partial charge >= 0.3 is 0 Å². The van der Waals surface area contributed by atoms with E-state index in [9.17, 15) is 0 Å². The fourth-order valence-electron chi connectivity index (χ4n) is 2.78. The highest BCUT2D eigenvalue weighted by atomic mass is 15.3. The van der Waals surface area contributed by atoms with Crippen LogP contribution in [0, 0.1) is 0 Å². The van der Waals surface area contributed by atoms with E-state index in [0.717, 1.165) is 5.82 Å². The lowest BCUT2D eigenvalue weighted by atomic mass is 10.1. The molecule has 1 aromatic heterocycles. The van der Waals surface area contributed by atoms with Crippen LogP contribution in [0.2, 0.25) is 0 Å². The van der Waals surface area contributed by atoms with Gasteiger partial charge in [-0.3, -0.25) is 0 Å². The Morgan fingerprint density at radius 3 is 2.88 bits per heavy atom. The third-order valence-corrected chi connectivity index (χ3v) is 3.87. The second-order valence-corrected chi connectivity index (χ2v) is 5.13. The Morgan fingerprint density at radius 1 is 1.12 bits per heavy atom. The van der Waals surface area contributed by atoms with Gasteiger partial charge in [0.25, 0.3) is 0 Å². The first-order valence-electron chi connectivity index (χ1n) is 6.43. The van der Waals surface area contributed by atoms with Crippen LogP contribution in [-0.4, -0.2) is 14.8 Å². The first-order valence-corrected chi connectivity index (χ1v) is 6.43. The summed E-state index contributed by atoms with van der Waals surface area (Å²) in [5, 5.41) is 8.35. The molecule has 4 rings (SSSR count). The highest BCUT2D eigenvalue weighted by Gasteiger charge is 2.26. The Hall–Kier alpha value is -1.64. The SMILES string of the molecule is c1cc2c(cc1-c1nncn1C1CC1)CCC2. The maximum Gasteiger partial charge on any atom is 0.164 e. The number of rotatable bonds is 2. The molecule has 2 aromatic rings. The predicted molar refractivity (Wildman–Crippen MR) is 65.8 cm³/mol. The topological polar surface area (TPSA) is 30.7 Å². The summed E-state index contributed by atoms with van der Waals surface area (Å²) in [5.41, 5.74) is 4.26. The van der Waals surface area contributed by atoms with Crippen LogP contribution >= 0.6 is 0 Å². The normalized spacial score (nSPS) is 18.4. The van der Waals surface area contributed by atoms with E-state index in [1.165, 1.54) is 48.8 Å². The van der Waals surface area contributed by atoms with Gasteiger partial charge < -0.3 is 4.57 Å². The maximum absolute atomic E-state index is 4.29. The molecule has 0 atom stereocenters. The molecule has 3 nitrogen and oxygen atoms in total. The summed E-state index contributed by atoms with van der Waals surface area (Å²) < 4.78 is 2.23. The summed E-state index contributed by atoms with van der Waals surface area (Å²) in [6.45, 7) is 0. The molecule has 2 aliphatic carbocycles. The summed E-state index contributed by atoms with van der Waals surface area (Å²) in [7, 11) is 0. The summed E-state index contributed by atoms with van der Waals surface area (Å²) >= 11 is 0. The lowest BCUT2D eigenvalue weighted by Crippen LogP contribution is -1.96. The molecule has 0 saturated heterocycles. The van der Waals surface area contributed by atoms with Gasteiger partial charge in [-0.2, -0.15) is 0 Å². The Labute approximate surface area is 100 Å². The van der Waals surface area contributed by atoms with Crippen molar-refractivity contribution in [1.82, 2.24) is 14.8 Å². The van der Waals surface area contributed by atoms with Crippen molar-refractivity contribution in [3.63, 3.8) is 0 Å². The summed E-state index contributed by atoms with van der Waals surface area (Å²) in [5.74, 6) is 1.04. The van der Waals surface area contributed by atoms with Crippen molar-refractivity contribution in [3.05, 3.63) is 35.7 Å². The predicted octanol–water partition coefficient (Wildman–Crippen LogP) is 2.77. The number of hydrogen-bond donors (Lipinski definition) is 0. The molecule has 2 aliphatic rings. The van der Waals surface area contributed by atoms with Crippen molar-refractivity contribution < 1.29 is 0 Å². The van der Waals surface area contributed by atoms with Gasteiger partial charge in [-0.05, 0) is 49.3 Å². The van der Waals surface area contributed by atoms with Gasteiger partial charge in [0.15, 0.2) is 5.82 Å². The molecule has 0 spiro atoms. The fourth-order valence-corrected chi connectivity index (χ4v) is 2.78. The first-order chi connectivity index (χ1) is 8.42. The molecule has 86 valence electrons. The van der Waals surface area contributed by atoms with Gasteiger partial charge in [0.1, 0.15) is 6.33 Å². The Kier molecular flexibility index (Phi) is 1.89. The molecule has 1 aromatic carbocycles. The smallest absolute Gasteiger partial charge is 0.164 e. The van der Waals surface area contributed by atoms with E-state index < -0.39 is 0 Å². The average molecular weight is 225 g/mol. The van der Waals surface area contributed by atoms with Crippen molar-refractivity contribution in [2.45, 2.75) is 38.1 Å². The van der Waals surface area contributed by atoms with E-state index in [2.05, 4.69) is 33.0 Å². The first kappa shape index (κ1) is 9.40. The van der Waals surface area contributed by atoms with Crippen LogP contribution in [0.5, 0.6) is 0 Å². The summed E-state index contributed by atoms with van der Waals surface area (Å²) in [4.78, 5) is 0. The van der Waals surface area contributed by atoms with Gasteiger partial charge in [0.2, 0.25) is 0 Å². The minimum Gasteiger partial charge on any atom is -0.310 e. The molecule has 0 N–H and O–H groups in total. The van der Waals surface area contributed by atoms with E-state index in [-0.39, 0.29) is 0 Å². The lowest BCUT2D eigenvalue weighted by Gasteiger charge is -2.06. The third-order valence-electron chi connectivity index (χ3n) is 3.87. The van der Waals surface area contributed by atoms with E-state index in [0.29, 0.717) is 6.04 Å². The number of benzene rings is 1. The molecular formula is C14H15N3. The van der Waals surface area contributed by atoms with E-state index in [4.69, 9.17) is 0 Å². The van der Waals surface area contributed by atoms with E-state index >= 15 is 0 Å². The number of hydrogen-bond acceptors (Lipinski definition) is 2. The Bertz CT molecular complexity index is 567. The number of aryl methyl sites for hydroxylation is 2. The van der Waals surface area contributed by atoms with Gasteiger partial charge in [0.05, 0.1) is 0 Å². The molecule has 1 heterocycles. The Morgan fingerprint density at radius 2 is 2.00 bits per heavy atom. The van der Waals surface area contributed by atoms with E-state index in [1.807, 2.05) is 6.33 Å². The van der Waals surface area contributed by atoms with Crippen LogP contribution in [0.25, 0.3) is 11.4 Å². The molecule has 17 heavy (non-hydrogen) atoms. The maximum atomic E-state index is 4.29. The zero-order valence-electron chi connectivity index (χ0n) is 9.76. The van der Waals surface area contributed by atoms with Gasteiger partial charge in [-0.25, -0.2) is 0 Å².